The lowest BCUT2D eigenvalue weighted by atomic mass is 10.2. The number of rotatable bonds is 3. The number of phenols is 1. The summed E-state index contributed by atoms with van der Waals surface area (Å²) in [7, 11) is 1.91. The van der Waals surface area contributed by atoms with Crippen molar-refractivity contribution in [3.05, 3.63) is 48.3 Å². The third-order valence-corrected chi connectivity index (χ3v) is 2.86. The van der Waals surface area contributed by atoms with Crippen LogP contribution in [0, 0.1) is 0 Å². The van der Waals surface area contributed by atoms with E-state index in [1.165, 1.54) is 0 Å². The summed E-state index contributed by atoms with van der Waals surface area (Å²) < 4.78 is 5.62. The lowest BCUT2D eigenvalue weighted by Gasteiger charge is -2.13. The van der Waals surface area contributed by atoms with E-state index in [0.717, 1.165) is 11.1 Å². The van der Waals surface area contributed by atoms with E-state index in [1.54, 1.807) is 30.6 Å². The van der Waals surface area contributed by atoms with Crippen LogP contribution >= 0.6 is 0 Å². The molecular formula is C14H13N3O2. The van der Waals surface area contributed by atoms with E-state index in [4.69, 9.17) is 4.42 Å². The number of aromatic hydroxyl groups is 1. The Bertz CT molecular complexity index is 694. The van der Waals surface area contributed by atoms with E-state index in [9.17, 15) is 5.11 Å². The molecule has 0 atom stereocenters. The number of fused-ring (bicyclic) bond motifs is 1. The standard InChI is InChI=1S/C14H13N3O2/c1-17(9-10-4-6-15-7-5-10)14-16-12-3-2-11(18)8-13(12)19-14/h2-8,18H,9H2,1H3. The van der Waals surface area contributed by atoms with Crippen LogP contribution < -0.4 is 4.90 Å². The molecule has 0 saturated heterocycles. The van der Waals surface area contributed by atoms with Gasteiger partial charge >= 0.3 is 0 Å². The number of anilines is 1. The molecule has 2 heterocycles. The minimum Gasteiger partial charge on any atom is -0.508 e. The number of aromatic nitrogens is 2. The predicted molar refractivity (Wildman–Crippen MR) is 72.0 cm³/mol. The Balaban J connectivity index is 1.87. The second kappa shape index (κ2) is 4.61. The average Bonchev–Trinajstić information content (AvgIpc) is 2.83. The summed E-state index contributed by atoms with van der Waals surface area (Å²) in [6.07, 6.45) is 3.51. The highest BCUT2D eigenvalue weighted by atomic mass is 16.4. The molecule has 0 spiro atoms. The Hall–Kier alpha value is -2.56. The Morgan fingerprint density at radius 1 is 1.21 bits per heavy atom. The van der Waals surface area contributed by atoms with Crippen molar-refractivity contribution in [1.82, 2.24) is 9.97 Å². The fraction of sp³-hybridized carbons (Fsp3) is 0.143. The van der Waals surface area contributed by atoms with Crippen LogP contribution in [-0.2, 0) is 6.54 Å². The fourth-order valence-electron chi connectivity index (χ4n) is 1.89. The maximum Gasteiger partial charge on any atom is 0.298 e. The van der Waals surface area contributed by atoms with Gasteiger partial charge in [-0.3, -0.25) is 4.98 Å². The van der Waals surface area contributed by atoms with Gasteiger partial charge in [0.1, 0.15) is 11.3 Å². The number of nitrogens with zero attached hydrogens (tertiary/aromatic N) is 3. The molecule has 1 aromatic carbocycles. The lowest BCUT2D eigenvalue weighted by molar-refractivity contribution is 0.474. The first-order valence-electron chi connectivity index (χ1n) is 5.92. The van der Waals surface area contributed by atoms with E-state index in [0.29, 0.717) is 18.1 Å². The van der Waals surface area contributed by atoms with Gasteiger partial charge in [0.2, 0.25) is 0 Å². The minimum absolute atomic E-state index is 0.173. The van der Waals surface area contributed by atoms with Crippen molar-refractivity contribution in [2.75, 3.05) is 11.9 Å². The van der Waals surface area contributed by atoms with Crippen molar-refractivity contribution >= 4 is 17.1 Å². The highest BCUT2D eigenvalue weighted by molar-refractivity contribution is 5.76. The fourth-order valence-corrected chi connectivity index (χ4v) is 1.89. The molecule has 0 aliphatic carbocycles. The maximum absolute atomic E-state index is 9.40. The van der Waals surface area contributed by atoms with Gasteiger partial charge in [0.15, 0.2) is 5.58 Å². The zero-order valence-electron chi connectivity index (χ0n) is 10.4. The van der Waals surface area contributed by atoms with Crippen molar-refractivity contribution in [3.63, 3.8) is 0 Å². The molecule has 0 aliphatic heterocycles. The molecule has 0 amide bonds. The summed E-state index contributed by atoms with van der Waals surface area (Å²) in [4.78, 5) is 10.3. The Labute approximate surface area is 110 Å². The molecule has 0 aliphatic rings. The van der Waals surface area contributed by atoms with Crippen LogP contribution in [0.4, 0.5) is 6.01 Å². The predicted octanol–water partition coefficient (Wildman–Crippen LogP) is 2.56. The monoisotopic (exact) mass is 255 g/mol. The summed E-state index contributed by atoms with van der Waals surface area (Å²) in [5, 5.41) is 9.40. The van der Waals surface area contributed by atoms with E-state index in [-0.39, 0.29) is 5.75 Å². The molecule has 5 nitrogen and oxygen atoms in total. The number of hydrogen-bond donors (Lipinski definition) is 1. The van der Waals surface area contributed by atoms with Crippen LogP contribution in [0.15, 0.2) is 47.1 Å². The van der Waals surface area contributed by atoms with Crippen LogP contribution in [0.25, 0.3) is 11.1 Å². The topological polar surface area (TPSA) is 62.4 Å². The number of benzene rings is 1. The number of oxazole rings is 1. The van der Waals surface area contributed by atoms with Gasteiger partial charge in [-0.25, -0.2) is 0 Å². The van der Waals surface area contributed by atoms with Crippen molar-refractivity contribution in [1.29, 1.82) is 0 Å². The normalized spacial score (nSPS) is 10.8. The van der Waals surface area contributed by atoms with Gasteiger partial charge in [0, 0.05) is 32.1 Å². The molecular weight excluding hydrogens is 242 g/mol. The van der Waals surface area contributed by atoms with Crippen LogP contribution in [0.5, 0.6) is 5.75 Å². The molecule has 0 bridgehead atoms. The Morgan fingerprint density at radius 3 is 2.79 bits per heavy atom. The molecule has 1 N–H and O–H groups in total. The summed E-state index contributed by atoms with van der Waals surface area (Å²) in [6.45, 7) is 0.682. The zero-order chi connectivity index (χ0) is 13.2. The maximum atomic E-state index is 9.40. The smallest absolute Gasteiger partial charge is 0.298 e. The van der Waals surface area contributed by atoms with E-state index in [2.05, 4.69) is 9.97 Å². The van der Waals surface area contributed by atoms with Gasteiger partial charge in [-0.15, -0.1) is 0 Å². The van der Waals surface area contributed by atoms with Crippen molar-refractivity contribution < 1.29 is 9.52 Å². The molecule has 5 heteroatoms. The second-order valence-electron chi connectivity index (χ2n) is 4.36. The first-order valence-corrected chi connectivity index (χ1v) is 5.92. The lowest BCUT2D eigenvalue weighted by Crippen LogP contribution is -2.16. The van der Waals surface area contributed by atoms with Crippen LogP contribution in [-0.4, -0.2) is 22.1 Å². The first kappa shape index (κ1) is 11.5. The largest absolute Gasteiger partial charge is 0.508 e. The first-order chi connectivity index (χ1) is 9.22. The van der Waals surface area contributed by atoms with Gasteiger partial charge in [-0.2, -0.15) is 4.98 Å². The Kier molecular flexibility index (Phi) is 2.79. The average molecular weight is 255 g/mol. The van der Waals surface area contributed by atoms with Gasteiger partial charge in [-0.05, 0) is 29.8 Å². The highest BCUT2D eigenvalue weighted by Gasteiger charge is 2.11. The SMILES string of the molecule is CN(Cc1ccncc1)c1nc2ccc(O)cc2o1. The molecule has 2 aromatic heterocycles. The summed E-state index contributed by atoms with van der Waals surface area (Å²) in [5.41, 5.74) is 2.44. The van der Waals surface area contributed by atoms with E-state index in [1.807, 2.05) is 24.1 Å². The quantitative estimate of drug-likeness (QED) is 0.779. The summed E-state index contributed by atoms with van der Waals surface area (Å²) in [5.74, 6) is 0.173. The van der Waals surface area contributed by atoms with Gasteiger partial charge < -0.3 is 14.4 Å². The van der Waals surface area contributed by atoms with Crippen molar-refractivity contribution in [2.45, 2.75) is 6.54 Å². The number of hydrogen-bond acceptors (Lipinski definition) is 5. The zero-order valence-corrected chi connectivity index (χ0v) is 10.4. The summed E-state index contributed by atoms with van der Waals surface area (Å²) >= 11 is 0. The van der Waals surface area contributed by atoms with Gasteiger partial charge in [-0.1, -0.05) is 0 Å². The van der Waals surface area contributed by atoms with Crippen LogP contribution in [0.2, 0.25) is 0 Å². The number of pyridine rings is 1. The minimum atomic E-state index is 0.173. The third kappa shape index (κ3) is 2.35. The molecule has 0 unspecified atom stereocenters. The Morgan fingerprint density at radius 2 is 2.00 bits per heavy atom. The highest BCUT2D eigenvalue weighted by Crippen LogP contribution is 2.25. The van der Waals surface area contributed by atoms with Gasteiger partial charge in [0.25, 0.3) is 6.01 Å². The van der Waals surface area contributed by atoms with Crippen molar-refractivity contribution in [2.24, 2.45) is 0 Å². The third-order valence-electron chi connectivity index (χ3n) is 2.86. The second-order valence-corrected chi connectivity index (χ2v) is 4.36. The van der Waals surface area contributed by atoms with Crippen LogP contribution in [0.3, 0.4) is 0 Å². The summed E-state index contributed by atoms with van der Waals surface area (Å²) in [6, 6.07) is 9.31. The molecule has 3 aromatic rings. The van der Waals surface area contributed by atoms with Gasteiger partial charge in [0.05, 0.1) is 0 Å². The van der Waals surface area contributed by atoms with Crippen molar-refractivity contribution in [3.8, 4) is 5.75 Å². The molecule has 19 heavy (non-hydrogen) atoms. The van der Waals surface area contributed by atoms with E-state index >= 15 is 0 Å². The number of phenolic OH excluding ortho intramolecular Hbond substituents is 1. The molecule has 3 rings (SSSR count). The molecule has 0 radical (unpaired) electrons. The molecule has 0 saturated carbocycles. The molecule has 0 fully saturated rings. The van der Waals surface area contributed by atoms with E-state index < -0.39 is 0 Å². The van der Waals surface area contributed by atoms with Crippen LogP contribution in [0.1, 0.15) is 5.56 Å². The molecule has 96 valence electrons.